The van der Waals surface area contributed by atoms with Gasteiger partial charge >= 0.3 is 12.1 Å². The predicted octanol–water partition coefficient (Wildman–Crippen LogP) is 3.17. The van der Waals surface area contributed by atoms with Crippen LogP contribution in [-0.2, 0) is 6.18 Å². The molecule has 110 valence electrons. The molecule has 2 rings (SSSR count). The Morgan fingerprint density at radius 1 is 1.24 bits per heavy atom. The highest BCUT2D eigenvalue weighted by atomic mass is 19.4. The van der Waals surface area contributed by atoms with Gasteiger partial charge in [-0.05, 0) is 24.3 Å². The summed E-state index contributed by atoms with van der Waals surface area (Å²) < 4.78 is 42.8. The molecule has 21 heavy (non-hydrogen) atoms. The Morgan fingerprint density at radius 3 is 2.57 bits per heavy atom. The molecule has 0 atom stereocenters. The fourth-order valence-electron chi connectivity index (χ4n) is 1.54. The van der Waals surface area contributed by atoms with Gasteiger partial charge in [0, 0.05) is 6.07 Å². The molecule has 0 radical (unpaired) electrons. The maximum absolute atomic E-state index is 12.6. The molecule has 0 fully saturated rings. The summed E-state index contributed by atoms with van der Waals surface area (Å²) in [6, 6.07) is 6.67. The normalized spacial score (nSPS) is 11.2. The van der Waals surface area contributed by atoms with Crippen LogP contribution >= 0.6 is 0 Å². The second kappa shape index (κ2) is 5.31. The molecule has 0 bridgehead atoms. The summed E-state index contributed by atoms with van der Waals surface area (Å²) in [5.74, 6) is -1.64. The number of nitrogen functional groups attached to an aromatic ring is 1. The summed E-state index contributed by atoms with van der Waals surface area (Å²) in [6.07, 6.45) is -4.50. The maximum atomic E-state index is 12.6. The Hall–Kier alpha value is -2.77. The molecule has 0 unspecified atom stereocenters. The van der Waals surface area contributed by atoms with E-state index in [1.807, 2.05) is 0 Å². The average molecular weight is 298 g/mol. The predicted molar refractivity (Wildman–Crippen MR) is 67.1 cm³/mol. The molecule has 0 aliphatic heterocycles. The number of hydrogen-bond acceptors (Lipinski definition) is 4. The first-order valence-corrected chi connectivity index (χ1v) is 5.62. The molecule has 8 heteroatoms. The molecule has 3 N–H and O–H groups in total. The highest BCUT2D eigenvalue weighted by molar-refractivity contribution is 5.91. The van der Waals surface area contributed by atoms with Gasteiger partial charge in [0.05, 0.1) is 11.3 Å². The van der Waals surface area contributed by atoms with E-state index >= 15 is 0 Å². The topological polar surface area (TPSA) is 85.4 Å². The molecular formula is C13H9F3N2O3. The van der Waals surface area contributed by atoms with Crippen molar-refractivity contribution in [1.29, 1.82) is 0 Å². The van der Waals surface area contributed by atoms with Crippen LogP contribution in [0.2, 0.25) is 0 Å². The Kier molecular flexibility index (Phi) is 3.70. The fourth-order valence-corrected chi connectivity index (χ4v) is 1.54. The Bertz CT molecular complexity index is 687. The number of aromatic carboxylic acids is 1. The summed E-state index contributed by atoms with van der Waals surface area (Å²) in [7, 11) is 0. The van der Waals surface area contributed by atoms with Crippen LogP contribution in [0.15, 0.2) is 36.4 Å². The van der Waals surface area contributed by atoms with Gasteiger partial charge in [-0.1, -0.05) is 6.07 Å². The minimum absolute atomic E-state index is 0.0705. The smallest absolute Gasteiger partial charge is 0.416 e. The lowest BCUT2D eigenvalue weighted by atomic mass is 10.2. The van der Waals surface area contributed by atoms with E-state index < -0.39 is 23.4 Å². The van der Waals surface area contributed by atoms with Crippen LogP contribution < -0.4 is 10.5 Å². The zero-order valence-electron chi connectivity index (χ0n) is 10.4. The third-order valence-electron chi connectivity index (χ3n) is 2.49. The van der Waals surface area contributed by atoms with E-state index in [-0.39, 0.29) is 17.3 Å². The van der Waals surface area contributed by atoms with E-state index in [0.29, 0.717) is 0 Å². The average Bonchev–Trinajstić information content (AvgIpc) is 2.40. The van der Waals surface area contributed by atoms with Crippen LogP contribution in [0.25, 0.3) is 0 Å². The van der Waals surface area contributed by atoms with Gasteiger partial charge in [-0.15, -0.1) is 0 Å². The van der Waals surface area contributed by atoms with Gasteiger partial charge in [0.2, 0.25) is 5.88 Å². The SMILES string of the molecule is Nc1ccc(Oc2cccc(C(F)(F)F)c2)nc1C(=O)O. The molecule has 0 aliphatic carbocycles. The van der Waals surface area contributed by atoms with Gasteiger partial charge < -0.3 is 15.6 Å². The maximum Gasteiger partial charge on any atom is 0.416 e. The first-order valence-electron chi connectivity index (χ1n) is 5.62. The van der Waals surface area contributed by atoms with E-state index in [1.54, 1.807) is 0 Å². The third-order valence-corrected chi connectivity index (χ3v) is 2.49. The van der Waals surface area contributed by atoms with Gasteiger partial charge in [-0.3, -0.25) is 0 Å². The summed E-state index contributed by atoms with van der Waals surface area (Å²) >= 11 is 0. The van der Waals surface area contributed by atoms with Crippen molar-refractivity contribution in [3.05, 3.63) is 47.7 Å². The van der Waals surface area contributed by atoms with Crippen LogP contribution in [0.5, 0.6) is 11.6 Å². The zero-order chi connectivity index (χ0) is 15.6. The molecule has 2 aromatic rings. The van der Waals surface area contributed by atoms with Gasteiger partial charge in [0.25, 0.3) is 0 Å². The number of pyridine rings is 1. The molecule has 1 aromatic carbocycles. The monoisotopic (exact) mass is 298 g/mol. The third kappa shape index (κ3) is 3.41. The largest absolute Gasteiger partial charge is 0.476 e. The first-order chi connectivity index (χ1) is 9.77. The molecule has 1 heterocycles. The summed E-state index contributed by atoms with van der Waals surface area (Å²) in [6.45, 7) is 0. The first kappa shape index (κ1) is 14.6. The van der Waals surface area contributed by atoms with Gasteiger partial charge in [-0.2, -0.15) is 13.2 Å². The van der Waals surface area contributed by atoms with Crippen molar-refractivity contribution in [2.75, 3.05) is 5.73 Å². The molecule has 0 aliphatic rings. The van der Waals surface area contributed by atoms with Crippen molar-refractivity contribution in [2.24, 2.45) is 0 Å². The van der Waals surface area contributed by atoms with Crippen LogP contribution in [0.1, 0.15) is 16.1 Å². The second-order valence-electron chi connectivity index (χ2n) is 4.02. The number of benzene rings is 1. The van der Waals surface area contributed by atoms with Gasteiger partial charge in [0.15, 0.2) is 5.69 Å². The number of ether oxygens (including phenoxy) is 1. The molecule has 0 saturated heterocycles. The van der Waals surface area contributed by atoms with Crippen LogP contribution in [0, 0.1) is 0 Å². The number of hydrogen-bond donors (Lipinski definition) is 2. The fraction of sp³-hybridized carbons (Fsp3) is 0.0769. The van der Waals surface area contributed by atoms with Crippen molar-refractivity contribution < 1.29 is 27.8 Å². The number of carboxylic acids is 1. The standard InChI is InChI=1S/C13H9F3N2O3/c14-13(15,16)7-2-1-3-8(6-7)21-10-5-4-9(17)11(18-10)12(19)20/h1-6H,17H2,(H,19,20). The number of rotatable bonds is 3. The lowest BCUT2D eigenvalue weighted by Gasteiger charge is -2.10. The van der Waals surface area contributed by atoms with E-state index in [1.165, 1.54) is 24.3 Å². The Morgan fingerprint density at radius 2 is 1.95 bits per heavy atom. The number of aromatic nitrogens is 1. The molecule has 5 nitrogen and oxygen atoms in total. The number of nitrogens with zero attached hydrogens (tertiary/aromatic N) is 1. The van der Waals surface area contributed by atoms with Crippen LogP contribution in [0.3, 0.4) is 0 Å². The quantitative estimate of drug-likeness (QED) is 0.909. The number of halogens is 3. The lowest BCUT2D eigenvalue weighted by Crippen LogP contribution is -2.07. The van der Waals surface area contributed by atoms with Crippen LogP contribution in [0.4, 0.5) is 18.9 Å². The van der Waals surface area contributed by atoms with Crippen molar-refractivity contribution >= 4 is 11.7 Å². The number of anilines is 1. The van der Waals surface area contributed by atoms with E-state index in [0.717, 1.165) is 12.1 Å². The second-order valence-corrected chi connectivity index (χ2v) is 4.02. The minimum atomic E-state index is -4.50. The highest BCUT2D eigenvalue weighted by Crippen LogP contribution is 2.32. The number of carboxylic acid groups (broad SMARTS) is 1. The lowest BCUT2D eigenvalue weighted by molar-refractivity contribution is -0.137. The molecule has 0 spiro atoms. The van der Waals surface area contributed by atoms with Crippen molar-refractivity contribution in [1.82, 2.24) is 4.98 Å². The Labute approximate surface area is 116 Å². The van der Waals surface area contributed by atoms with Crippen LogP contribution in [-0.4, -0.2) is 16.1 Å². The number of alkyl halides is 3. The van der Waals surface area contributed by atoms with Crippen molar-refractivity contribution in [2.45, 2.75) is 6.18 Å². The Balaban J connectivity index is 2.31. The molecule has 0 amide bonds. The highest BCUT2D eigenvalue weighted by Gasteiger charge is 2.30. The van der Waals surface area contributed by atoms with Gasteiger partial charge in [0.1, 0.15) is 5.75 Å². The molecule has 1 aromatic heterocycles. The number of carbonyl (C=O) groups is 1. The van der Waals surface area contributed by atoms with Crippen molar-refractivity contribution in [3.8, 4) is 11.6 Å². The summed E-state index contributed by atoms with van der Waals surface area (Å²) in [5, 5.41) is 8.86. The minimum Gasteiger partial charge on any atom is -0.476 e. The number of nitrogens with two attached hydrogens (primary N) is 1. The molecule has 0 saturated carbocycles. The summed E-state index contributed by atoms with van der Waals surface area (Å²) in [4.78, 5) is 14.5. The zero-order valence-corrected chi connectivity index (χ0v) is 10.4. The molecular weight excluding hydrogens is 289 g/mol. The van der Waals surface area contributed by atoms with E-state index in [9.17, 15) is 18.0 Å². The van der Waals surface area contributed by atoms with Gasteiger partial charge in [-0.25, -0.2) is 9.78 Å². The van der Waals surface area contributed by atoms with E-state index in [4.69, 9.17) is 15.6 Å². The van der Waals surface area contributed by atoms with E-state index in [2.05, 4.69) is 4.98 Å². The van der Waals surface area contributed by atoms with Crippen molar-refractivity contribution in [3.63, 3.8) is 0 Å². The summed E-state index contributed by atoms with van der Waals surface area (Å²) in [5.41, 5.74) is 4.04.